The average Bonchev–Trinajstić information content (AvgIpc) is 3.27. The fraction of sp³-hybridized carbons (Fsp3) is 0.273. The van der Waals surface area contributed by atoms with Gasteiger partial charge in [-0.25, -0.2) is 10.0 Å². The molecule has 2 aromatic rings. The van der Waals surface area contributed by atoms with E-state index in [-0.39, 0.29) is 0 Å². The van der Waals surface area contributed by atoms with Gasteiger partial charge in [-0.05, 0) is 11.1 Å². The van der Waals surface area contributed by atoms with Crippen LogP contribution in [0.3, 0.4) is 0 Å². The maximum atomic E-state index is 12.3. The molecule has 4 rings (SSSR count). The number of aliphatic carboxylic acids is 4. The van der Waals surface area contributed by atoms with Gasteiger partial charge in [-0.2, -0.15) is 0 Å². The lowest BCUT2D eigenvalue weighted by molar-refractivity contribution is -0.156. The Hall–Kier alpha value is -3.76. The summed E-state index contributed by atoms with van der Waals surface area (Å²) in [5.74, 6) is -8.84. The van der Waals surface area contributed by atoms with Crippen molar-refractivity contribution in [2.24, 2.45) is 11.8 Å². The zero-order valence-electron chi connectivity index (χ0n) is 16.6. The Morgan fingerprint density at radius 3 is 1.09 bits per heavy atom. The van der Waals surface area contributed by atoms with Gasteiger partial charge in [-0.15, -0.1) is 0 Å². The van der Waals surface area contributed by atoms with Crippen LogP contribution >= 0.6 is 0 Å². The highest BCUT2D eigenvalue weighted by Gasteiger charge is 2.68. The number of hydrogen-bond acceptors (Lipinski definition) is 6. The van der Waals surface area contributed by atoms with Gasteiger partial charge in [0.05, 0.1) is 12.1 Å². The summed E-state index contributed by atoms with van der Waals surface area (Å²) in [5.41, 5.74) is 0.774. The molecule has 2 fully saturated rings. The highest BCUT2D eigenvalue weighted by atomic mass is 16.4. The molecule has 2 heterocycles. The largest absolute Gasteiger partial charge is 0.481 e. The van der Waals surface area contributed by atoms with Crippen LogP contribution in [0.15, 0.2) is 60.7 Å². The summed E-state index contributed by atoms with van der Waals surface area (Å²) >= 11 is 0. The Morgan fingerprint density at radius 1 is 0.531 bits per heavy atom. The van der Waals surface area contributed by atoms with Crippen molar-refractivity contribution in [2.75, 3.05) is 0 Å². The van der Waals surface area contributed by atoms with Crippen LogP contribution in [0.1, 0.15) is 23.2 Å². The molecule has 10 nitrogen and oxygen atoms in total. The monoisotopic (exact) mass is 440 g/mol. The summed E-state index contributed by atoms with van der Waals surface area (Å²) in [6, 6.07) is 10.5. The topological polar surface area (TPSA) is 156 Å². The maximum absolute atomic E-state index is 12.3. The molecule has 0 bridgehead atoms. The summed E-state index contributed by atoms with van der Waals surface area (Å²) in [6.45, 7) is 0. The normalized spacial score (nSPS) is 30.0. The fourth-order valence-corrected chi connectivity index (χ4v) is 5.02. The molecule has 32 heavy (non-hydrogen) atoms. The number of carboxylic acids is 4. The molecule has 2 aromatic carbocycles. The first-order valence-electron chi connectivity index (χ1n) is 9.83. The summed E-state index contributed by atoms with van der Waals surface area (Å²) in [4.78, 5) is 49.3. The van der Waals surface area contributed by atoms with Crippen molar-refractivity contribution in [3.8, 4) is 0 Å². The predicted molar refractivity (Wildman–Crippen MR) is 107 cm³/mol. The molecule has 0 spiro atoms. The van der Waals surface area contributed by atoms with Crippen molar-refractivity contribution in [1.29, 1.82) is 0 Å². The van der Waals surface area contributed by atoms with E-state index >= 15 is 0 Å². The van der Waals surface area contributed by atoms with Gasteiger partial charge in [0.25, 0.3) is 0 Å². The van der Waals surface area contributed by atoms with Crippen molar-refractivity contribution in [3.05, 3.63) is 71.8 Å². The number of fused-ring (bicyclic) bond motifs is 1. The lowest BCUT2D eigenvalue weighted by Gasteiger charge is -2.31. The van der Waals surface area contributed by atoms with Crippen LogP contribution in [0.5, 0.6) is 0 Å². The minimum Gasteiger partial charge on any atom is -0.481 e. The third-order valence-corrected chi connectivity index (χ3v) is 6.13. The SMILES string of the molecule is O=C(O)[C@H]1[C@H](C(=O)O)N2[C@@H](c3ccccc3)[C@@H](C(=O)O)[C@@H](C(=O)O)N2[C@H]1c1ccccc1. The molecule has 10 heteroatoms. The van der Waals surface area contributed by atoms with E-state index in [1.165, 1.54) is 0 Å². The first-order valence-corrected chi connectivity index (χ1v) is 9.83. The molecule has 0 unspecified atom stereocenters. The first-order chi connectivity index (χ1) is 15.3. The molecule has 0 aromatic heterocycles. The quantitative estimate of drug-likeness (QED) is 0.517. The molecular weight excluding hydrogens is 420 g/mol. The van der Waals surface area contributed by atoms with Crippen LogP contribution in [0.2, 0.25) is 0 Å². The van der Waals surface area contributed by atoms with E-state index in [0.29, 0.717) is 11.1 Å². The second-order valence-electron chi connectivity index (χ2n) is 7.77. The Balaban J connectivity index is 2.00. The van der Waals surface area contributed by atoms with E-state index in [0.717, 1.165) is 10.0 Å². The highest BCUT2D eigenvalue weighted by molar-refractivity contribution is 5.88. The molecule has 6 atom stereocenters. The molecule has 2 aliphatic rings. The minimum atomic E-state index is -1.67. The summed E-state index contributed by atoms with van der Waals surface area (Å²) in [5, 5.41) is 42.3. The minimum absolute atomic E-state index is 0.387. The molecule has 0 radical (unpaired) electrons. The molecule has 2 aliphatic heterocycles. The molecule has 4 N–H and O–H groups in total. The summed E-state index contributed by atoms with van der Waals surface area (Å²) in [6.07, 6.45) is 0. The van der Waals surface area contributed by atoms with E-state index < -0.39 is 59.9 Å². The van der Waals surface area contributed by atoms with Crippen LogP contribution in [-0.2, 0) is 19.2 Å². The predicted octanol–water partition coefficient (Wildman–Crippen LogP) is 1.32. The number of carboxylic acid groups (broad SMARTS) is 4. The summed E-state index contributed by atoms with van der Waals surface area (Å²) < 4.78 is 0. The van der Waals surface area contributed by atoms with Gasteiger partial charge in [-0.3, -0.25) is 19.2 Å². The van der Waals surface area contributed by atoms with Gasteiger partial charge < -0.3 is 20.4 Å². The molecular formula is C22H20N2O8. The second-order valence-corrected chi connectivity index (χ2v) is 7.77. The van der Waals surface area contributed by atoms with E-state index in [2.05, 4.69) is 0 Å². The number of nitrogens with zero attached hydrogens (tertiary/aromatic N) is 2. The van der Waals surface area contributed by atoms with Crippen molar-refractivity contribution < 1.29 is 39.6 Å². The van der Waals surface area contributed by atoms with Gasteiger partial charge >= 0.3 is 23.9 Å². The van der Waals surface area contributed by atoms with E-state index in [4.69, 9.17) is 0 Å². The van der Waals surface area contributed by atoms with Gasteiger partial charge in [0.1, 0.15) is 23.9 Å². The van der Waals surface area contributed by atoms with Crippen molar-refractivity contribution >= 4 is 23.9 Å². The number of hydrazine groups is 1. The molecule has 166 valence electrons. The Kier molecular flexibility index (Phi) is 5.41. The van der Waals surface area contributed by atoms with Crippen LogP contribution in [0.4, 0.5) is 0 Å². The van der Waals surface area contributed by atoms with Gasteiger partial charge in [0.15, 0.2) is 0 Å². The van der Waals surface area contributed by atoms with Crippen molar-refractivity contribution in [2.45, 2.75) is 24.2 Å². The van der Waals surface area contributed by atoms with E-state index in [9.17, 15) is 39.6 Å². The Morgan fingerprint density at radius 2 is 0.844 bits per heavy atom. The number of carbonyl (C=O) groups is 4. The zero-order valence-corrected chi connectivity index (χ0v) is 16.6. The zero-order chi connectivity index (χ0) is 23.2. The third kappa shape index (κ3) is 3.20. The Bertz CT molecular complexity index is 975. The smallest absolute Gasteiger partial charge is 0.323 e. The Labute approximate surface area is 181 Å². The van der Waals surface area contributed by atoms with E-state index in [1.54, 1.807) is 60.7 Å². The van der Waals surface area contributed by atoms with Gasteiger partial charge in [-0.1, -0.05) is 60.7 Å². The van der Waals surface area contributed by atoms with Crippen LogP contribution in [-0.4, -0.2) is 66.4 Å². The second kappa shape index (κ2) is 8.06. The van der Waals surface area contributed by atoms with Crippen LogP contribution in [0, 0.1) is 11.8 Å². The van der Waals surface area contributed by atoms with Crippen molar-refractivity contribution in [1.82, 2.24) is 10.0 Å². The van der Waals surface area contributed by atoms with Gasteiger partial charge in [0, 0.05) is 0 Å². The third-order valence-electron chi connectivity index (χ3n) is 6.13. The first kappa shape index (κ1) is 21.5. The average molecular weight is 440 g/mol. The van der Waals surface area contributed by atoms with E-state index in [1.807, 2.05) is 0 Å². The molecule has 0 amide bonds. The number of benzene rings is 2. The maximum Gasteiger partial charge on any atom is 0.323 e. The number of hydrogen-bond donors (Lipinski definition) is 4. The lowest BCUT2D eigenvalue weighted by Crippen LogP contribution is -2.46. The van der Waals surface area contributed by atoms with Crippen LogP contribution in [0.25, 0.3) is 0 Å². The molecule has 0 saturated carbocycles. The van der Waals surface area contributed by atoms with Crippen molar-refractivity contribution in [3.63, 3.8) is 0 Å². The van der Waals surface area contributed by atoms with Crippen LogP contribution < -0.4 is 0 Å². The lowest BCUT2D eigenvalue weighted by atomic mass is 9.82. The molecule has 2 saturated heterocycles. The molecule has 0 aliphatic carbocycles. The fourth-order valence-electron chi connectivity index (χ4n) is 5.02. The highest BCUT2D eigenvalue weighted by Crippen LogP contribution is 2.55. The van der Waals surface area contributed by atoms with Gasteiger partial charge in [0.2, 0.25) is 0 Å². The standard InChI is InChI=1S/C22H20N2O8/c25-19(26)13-15(11-7-3-1-4-8-11)23-18(22(31)32)14(20(27)28)16(12-9-5-2-6-10-12)24(23)17(13)21(29)30/h1-10,13-18H,(H,25,26)(H,27,28)(H,29,30)(H,31,32)/t13-,14-,15+,16+,17-,18+/m1/s1. The summed E-state index contributed by atoms with van der Waals surface area (Å²) in [7, 11) is 0. The number of rotatable bonds is 6.